The van der Waals surface area contributed by atoms with E-state index < -0.39 is 10.0 Å². The van der Waals surface area contributed by atoms with Gasteiger partial charge in [0, 0.05) is 13.1 Å². The van der Waals surface area contributed by atoms with Gasteiger partial charge in [-0.15, -0.1) is 0 Å². The number of nitriles is 1. The van der Waals surface area contributed by atoms with Gasteiger partial charge in [0.1, 0.15) is 11.6 Å². The monoisotopic (exact) mass is 345 g/mol. The molecule has 0 saturated carbocycles. The first-order chi connectivity index (χ1) is 11.6. The number of hydrogen-bond donors (Lipinski definition) is 2. The lowest BCUT2D eigenvalue weighted by atomic mass is 10.2. The van der Waals surface area contributed by atoms with Crippen molar-refractivity contribution in [1.29, 1.82) is 5.26 Å². The molecule has 1 saturated heterocycles. The van der Waals surface area contributed by atoms with Crippen molar-refractivity contribution in [3.63, 3.8) is 0 Å². The Hall–Kier alpha value is -2.53. The molecule has 1 fully saturated rings. The molecule has 2 heterocycles. The summed E-state index contributed by atoms with van der Waals surface area (Å²) in [6.07, 6.45) is 2.69. The molecule has 0 amide bonds. The van der Waals surface area contributed by atoms with E-state index in [1.807, 2.05) is 11.8 Å². The van der Waals surface area contributed by atoms with E-state index in [2.05, 4.69) is 21.0 Å². The van der Waals surface area contributed by atoms with Gasteiger partial charge in [-0.3, -0.25) is 9.82 Å². The van der Waals surface area contributed by atoms with E-state index in [1.165, 1.54) is 0 Å². The zero-order chi connectivity index (χ0) is 17.2. The summed E-state index contributed by atoms with van der Waals surface area (Å²) in [6.45, 7) is 3.55. The number of nitrogens with zero attached hydrogens (tertiary/aromatic N) is 3. The number of rotatable bonds is 5. The smallest absolute Gasteiger partial charge is 0.263 e. The third-order valence-corrected chi connectivity index (χ3v) is 5.59. The van der Waals surface area contributed by atoms with E-state index in [-0.39, 0.29) is 16.3 Å². The highest BCUT2D eigenvalue weighted by molar-refractivity contribution is 7.92. The minimum absolute atomic E-state index is 0.116. The van der Waals surface area contributed by atoms with E-state index in [0.717, 1.165) is 31.5 Å². The van der Waals surface area contributed by atoms with Crippen LogP contribution in [0, 0.1) is 11.3 Å². The fourth-order valence-corrected chi connectivity index (χ4v) is 4.26. The molecular weight excluding hydrogens is 326 g/mol. The number of anilines is 2. The number of sulfonamides is 1. The number of aryl methyl sites for hydroxylation is 1. The number of nitrogens with one attached hydrogen (secondary N) is 2. The first-order valence-electron chi connectivity index (χ1n) is 7.91. The van der Waals surface area contributed by atoms with Crippen LogP contribution >= 0.6 is 0 Å². The molecule has 7 nitrogen and oxygen atoms in total. The second-order valence-corrected chi connectivity index (χ2v) is 7.32. The van der Waals surface area contributed by atoms with Crippen LogP contribution in [-0.2, 0) is 16.4 Å². The second kappa shape index (κ2) is 6.53. The average molecular weight is 345 g/mol. The first kappa shape index (κ1) is 16.3. The second-order valence-electron chi connectivity index (χ2n) is 5.67. The van der Waals surface area contributed by atoms with Crippen LogP contribution in [0.2, 0.25) is 0 Å². The molecule has 1 aliphatic heterocycles. The molecule has 2 aromatic rings. The summed E-state index contributed by atoms with van der Waals surface area (Å²) in [6, 6.07) is 8.89. The molecule has 3 rings (SSSR count). The van der Waals surface area contributed by atoms with E-state index in [4.69, 9.17) is 0 Å². The number of aromatic amines is 1. The predicted octanol–water partition coefficient (Wildman–Crippen LogP) is 2.24. The van der Waals surface area contributed by atoms with Crippen molar-refractivity contribution in [2.45, 2.75) is 31.1 Å². The van der Waals surface area contributed by atoms with Crippen LogP contribution in [-0.4, -0.2) is 31.7 Å². The summed E-state index contributed by atoms with van der Waals surface area (Å²) in [5.41, 5.74) is 0.956. The fourth-order valence-electron chi connectivity index (χ4n) is 2.92. The molecule has 126 valence electrons. The lowest BCUT2D eigenvalue weighted by Gasteiger charge is -2.14. The maximum atomic E-state index is 12.7. The van der Waals surface area contributed by atoms with Gasteiger partial charge < -0.3 is 4.90 Å². The minimum atomic E-state index is -3.79. The van der Waals surface area contributed by atoms with Crippen molar-refractivity contribution in [1.82, 2.24) is 10.2 Å². The number of aromatic nitrogens is 2. The lowest BCUT2D eigenvalue weighted by molar-refractivity contribution is 0.600. The Morgan fingerprint density at radius 3 is 2.71 bits per heavy atom. The van der Waals surface area contributed by atoms with Gasteiger partial charge in [0.2, 0.25) is 0 Å². The molecule has 0 unspecified atom stereocenters. The molecular formula is C16H19N5O2S. The van der Waals surface area contributed by atoms with E-state index in [9.17, 15) is 13.7 Å². The molecule has 0 atom stereocenters. The molecule has 2 N–H and O–H groups in total. The highest BCUT2D eigenvalue weighted by Gasteiger charge is 2.25. The predicted molar refractivity (Wildman–Crippen MR) is 91.4 cm³/mol. The van der Waals surface area contributed by atoms with Crippen LogP contribution in [0.25, 0.3) is 0 Å². The van der Waals surface area contributed by atoms with Gasteiger partial charge in [-0.25, -0.2) is 8.42 Å². The third kappa shape index (κ3) is 2.95. The summed E-state index contributed by atoms with van der Waals surface area (Å²) in [7, 11) is -3.79. The molecule has 0 aliphatic carbocycles. The maximum Gasteiger partial charge on any atom is 0.263 e. The van der Waals surface area contributed by atoms with Gasteiger partial charge >= 0.3 is 0 Å². The summed E-state index contributed by atoms with van der Waals surface area (Å²) in [5, 5.41) is 16.2. The Bertz CT molecular complexity index is 876. The van der Waals surface area contributed by atoms with Crippen LogP contribution in [0.3, 0.4) is 0 Å². The highest BCUT2D eigenvalue weighted by atomic mass is 32.2. The summed E-state index contributed by atoms with van der Waals surface area (Å²) >= 11 is 0. The van der Waals surface area contributed by atoms with Gasteiger partial charge in [-0.1, -0.05) is 25.1 Å². The molecule has 0 bridgehead atoms. The van der Waals surface area contributed by atoms with Crippen LogP contribution < -0.4 is 9.62 Å². The lowest BCUT2D eigenvalue weighted by Crippen LogP contribution is -2.19. The standard InChI is InChI=1S/C16H19N5O2S/c1-2-12-7-3-4-8-14(12)24(22,23)20-15-13(11-17)16(19-18-15)21-9-5-6-10-21/h3-4,7-8H,2,5-6,9-10H2,1H3,(H2,18,19,20). The first-order valence-corrected chi connectivity index (χ1v) is 9.39. The topological polar surface area (TPSA) is 102 Å². The Kier molecular flexibility index (Phi) is 4.44. The van der Waals surface area contributed by atoms with Crippen LogP contribution in [0.4, 0.5) is 11.6 Å². The largest absolute Gasteiger partial charge is 0.354 e. The summed E-state index contributed by atoms with van der Waals surface area (Å²) < 4.78 is 27.9. The molecule has 1 aliphatic rings. The van der Waals surface area contributed by atoms with Gasteiger partial charge in [-0.05, 0) is 30.9 Å². The molecule has 8 heteroatoms. The van der Waals surface area contributed by atoms with Gasteiger partial charge in [0.05, 0.1) is 4.90 Å². The molecule has 1 aromatic heterocycles. The van der Waals surface area contributed by atoms with Crippen LogP contribution in [0.15, 0.2) is 29.2 Å². The number of benzene rings is 1. The third-order valence-electron chi connectivity index (χ3n) is 4.14. The average Bonchev–Trinajstić information content (AvgIpc) is 3.23. The van der Waals surface area contributed by atoms with Crippen molar-refractivity contribution < 1.29 is 8.42 Å². The van der Waals surface area contributed by atoms with Crippen molar-refractivity contribution in [3.05, 3.63) is 35.4 Å². The summed E-state index contributed by atoms with van der Waals surface area (Å²) in [5.74, 6) is 0.627. The van der Waals surface area contributed by atoms with Gasteiger partial charge in [-0.2, -0.15) is 10.4 Å². The Morgan fingerprint density at radius 2 is 2.04 bits per heavy atom. The Morgan fingerprint density at radius 1 is 1.33 bits per heavy atom. The van der Waals surface area contributed by atoms with Gasteiger partial charge in [0.25, 0.3) is 10.0 Å². The molecule has 1 aromatic carbocycles. The number of hydrogen-bond acceptors (Lipinski definition) is 5. The van der Waals surface area contributed by atoms with Crippen molar-refractivity contribution in [3.8, 4) is 6.07 Å². The summed E-state index contributed by atoms with van der Waals surface area (Å²) in [4.78, 5) is 2.21. The Labute approximate surface area is 141 Å². The highest BCUT2D eigenvalue weighted by Crippen LogP contribution is 2.28. The van der Waals surface area contributed by atoms with E-state index in [1.54, 1.807) is 24.3 Å². The minimum Gasteiger partial charge on any atom is -0.354 e. The fraction of sp³-hybridized carbons (Fsp3) is 0.375. The zero-order valence-corrected chi connectivity index (χ0v) is 14.2. The normalized spacial score (nSPS) is 14.6. The molecule has 24 heavy (non-hydrogen) atoms. The molecule has 0 spiro atoms. The van der Waals surface area contributed by atoms with Crippen molar-refractivity contribution in [2.75, 3.05) is 22.7 Å². The van der Waals surface area contributed by atoms with E-state index in [0.29, 0.717) is 12.2 Å². The van der Waals surface area contributed by atoms with E-state index >= 15 is 0 Å². The van der Waals surface area contributed by atoms with Crippen LogP contribution in [0.1, 0.15) is 30.9 Å². The SMILES string of the molecule is CCc1ccccc1S(=O)(=O)Nc1[nH]nc(N2CCCC2)c1C#N. The Balaban J connectivity index is 1.95. The quantitative estimate of drug-likeness (QED) is 0.865. The zero-order valence-electron chi connectivity index (χ0n) is 13.4. The maximum absolute atomic E-state index is 12.7. The van der Waals surface area contributed by atoms with Crippen molar-refractivity contribution >= 4 is 21.7 Å². The number of H-pyrrole nitrogens is 1. The van der Waals surface area contributed by atoms with Gasteiger partial charge in [0.15, 0.2) is 11.6 Å². The van der Waals surface area contributed by atoms with Crippen molar-refractivity contribution in [2.24, 2.45) is 0 Å². The molecule has 0 radical (unpaired) electrons. The van der Waals surface area contributed by atoms with Crippen LogP contribution in [0.5, 0.6) is 0 Å².